The highest BCUT2D eigenvalue weighted by atomic mass is 19.1. The first-order chi connectivity index (χ1) is 16.0. The molecular weight excluding hydrogens is 430 g/mol. The van der Waals surface area contributed by atoms with E-state index >= 15 is 0 Å². The number of nitrogen functional groups attached to an aromatic ring is 1. The zero-order valence-electron chi connectivity index (χ0n) is 18.3. The van der Waals surface area contributed by atoms with E-state index in [9.17, 15) is 13.6 Å². The first-order valence-electron chi connectivity index (χ1n) is 10.8. The molecule has 2 N–H and O–H groups in total. The van der Waals surface area contributed by atoms with Crippen LogP contribution >= 0.6 is 0 Å². The molecule has 0 radical (unpaired) electrons. The summed E-state index contributed by atoms with van der Waals surface area (Å²) < 4.78 is 40.4. The van der Waals surface area contributed by atoms with Gasteiger partial charge >= 0.3 is 6.09 Å². The molecule has 0 unspecified atom stereocenters. The number of nitrogens with two attached hydrogens (primary N) is 1. The number of ether oxygens (including phenoxy) is 2. The van der Waals surface area contributed by atoms with Crippen molar-refractivity contribution in [2.45, 2.75) is 45.2 Å². The Morgan fingerprint density at radius 2 is 1.97 bits per heavy atom. The van der Waals surface area contributed by atoms with Crippen molar-refractivity contribution in [3.05, 3.63) is 71.4 Å². The topological polar surface area (TPSA) is 90.6 Å². The Hall–Kier alpha value is -3.75. The molecular formula is C24H24F2N4O3. The van der Waals surface area contributed by atoms with E-state index in [1.165, 1.54) is 35.4 Å². The Morgan fingerprint density at radius 1 is 1.18 bits per heavy atom. The molecule has 0 bridgehead atoms. The predicted octanol–water partition coefficient (Wildman–Crippen LogP) is 5.55. The fourth-order valence-corrected chi connectivity index (χ4v) is 4.14. The molecule has 1 aliphatic heterocycles. The van der Waals surface area contributed by atoms with Crippen LogP contribution < -0.4 is 15.2 Å². The minimum absolute atomic E-state index is 0.00258. The number of hydrogen-bond acceptors (Lipinski definition) is 6. The van der Waals surface area contributed by atoms with Crippen molar-refractivity contribution in [1.82, 2.24) is 15.1 Å². The van der Waals surface area contributed by atoms with Gasteiger partial charge in [0.25, 0.3) is 0 Å². The van der Waals surface area contributed by atoms with Crippen molar-refractivity contribution in [1.29, 1.82) is 0 Å². The Kier molecular flexibility index (Phi) is 6.13. The highest BCUT2D eigenvalue weighted by molar-refractivity contribution is 5.76. The SMILES string of the molecule is CC.Nc1cccc(CN2C(=O)Oc3cc(Oc4cccnn4)c(F)cc3C23CCC3)c1F. The monoisotopic (exact) mass is 454 g/mol. The molecule has 172 valence electrons. The summed E-state index contributed by atoms with van der Waals surface area (Å²) in [7, 11) is 0. The maximum absolute atomic E-state index is 14.9. The fourth-order valence-electron chi connectivity index (χ4n) is 4.14. The average molecular weight is 454 g/mol. The van der Waals surface area contributed by atoms with E-state index in [0.29, 0.717) is 18.4 Å². The quantitative estimate of drug-likeness (QED) is 0.520. The molecule has 5 rings (SSSR count). The number of carbonyl (C=O) groups is 1. The van der Waals surface area contributed by atoms with Crippen LogP contribution in [0.15, 0.2) is 48.7 Å². The van der Waals surface area contributed by atoms with Crippen molar-refractivity contribution in [2.75, 3.05) is 5.73 Å². The lowest BCUT2D eigenvalue weighted by Gasteiger charge is -2.52. The zero-order chi connectivity index (χ0) is 23.6. The number of amides is 1. The third-order valence-corrected chi connectivity index (χ3v) is 5.85. The Balaban J connectivity index is 0.00000126. The smallest absolute Gasteiger partial charge is 0.416 e. The summed E-state index contributed by atoms with van der Waals surface area (Å²) in [6.45, 7) is 3.97. The summed E-state index contributed by atoms with van der Waals surface area (Å²) in [6, 6.07) is 10.4. The molecule has 2 aliphatic rings. The molecule has 1 aliphatic carbocycles. The van der Waals surface area contributed by atoms with Crippen LogP contribution in [0.5, 0.6) is 17.4 Å². The molecule has 3 aromatic rings. The average Bonchev–Trinajstić information content (AvgIpc) is 2.79. The van der Waals surface area contributed by atoms with Gasteiger partial charge in [0.15, 0.2) is 17.4 Å². The van der Waals surface area contributed by atoms with E-state index in [0.717, 1.165) is 6.42 Å². The van der Waals surface area contributed by atoms with E-state index in [1.54, 1.807) is 18.2 Å². The standard InChI is InChI=1S/C22H18F2N4O3.C2H6/c23-15-10-14-17(11-18(15)30-19-6-2-9-26-27-19)31-21(29)28(22(14)7-3-8-22)12-13-4-1-5-16(25)20(13)24;1-2/h1-2,4-6,9-11H,3,7-8,12,25H2;1-2H3. The van der Waals surface area contributed by atoms with Gasteiger partial charge < -0.3 is 15.2 Å². The molecule has 1 saturated carbocycles. The zero-order valence-corrected chi connectivity index (χ0v) is 18.3. The third kappa shape index (κ3) is 3.94. The van der Waals surface area contributed by atoms with E-state index in [2.05, 4.69) is 10.2 Å². The van der Waals surface area contributed by atoms with Gasteiger partial charge in [-0.05, 0) is 37.5 Å². The summed E-state index contributed by atoms with van der Waals surface area (Å²) >= 11 is 0. The number of halogens is 2. The number of benzene rings is 2. The Bertz CT molecular complexity index is 1170. The van der Waals surface area contributed by atoms with Crippen LogP contribution in [0.4, 0.5) is 19.3 Å². The van der Waals surface area contributed by atoms with Crippen molar-refractivity contribution in [3.63, 3.8) is 0 Å². The maximum Gasteiger partial charge on any atom is 0.416 e. The fraction of sp³-hybridized carbons (Fsp3) is 0.292. The van der Waals surface area contributed by atoms with Crippen LogP contribution in [-0.2, 0) is 12.1 Å². The van der Waals surface area contributed by atoms with Crippen LogP contribution in [-0.4, -0.2) is 21.2 Å². The van der Waals surface area contributed by atoms with Gasteiger partial charge in [0.1, 0.15) is 5.75 Å². The van der Waals surface area contributed by atoms with Crippen molar-refractivity contribution < 1.29 is 23.0 Å². The highest BCUT2D eigenvalue weighted by Crippen LogP contribution is 2.54. The van der Waals surface area contributed by atoms with Gasteiger partial charge in [-0.2, -0.15) is 5.10 Å². The van der Waals surface area contributed by atoms with Gasteiger partial charge in [-0.1, -0.05) is 26.0 Å². The van der Waals surface area contributed by atoms with E-state index < -0.39 is 23.3 Å². The first-order valence-corrected chi connectivity index (χ1v) is 10.8. The van der Waals surface area contributed by atoms with Gasteiger partial charge in [0, 0.05) is 29.5 Å². The van der Waals surface area contributed by atoms with Crippen LogP contribution in [0, 0.1) is 11.6 Å². The number of hydrogen-bond donors (Lipinski definition) is 1. The van der Waals surface area contributed by atoms with Gasteiger partial charge in [0.2, 0.25) is 5.88 Å². The van der Waals surface area contributed by atoms with Gasteiger partial charge in [-0.15, -0.1) is 5.10 Å². The number of carbonyl (C=O) groups excluding carboxylic acids is 1. The second kappa shape index (κ2) is 9.01. The molecule has 2 heterocycles. The largest absolute Gasteiger partial charge is 0.434 e. The molecule has 2 aromatic carbocycles. The highest BCUT2D eigenvalue weighted by Gasteiger charge is 2.52. The van der Waals surface area contributed by atoms with Gasteiger partial charge in [-0.3, -0.25) is 4.90 Å². The molecule has 9 heteroatoms. The van der Waals surface area contributed by atoms with E-state index in [1.807, 2.05) is 13.8 Å². The number of anilines is 1. The minimum atomic E-state index is -0.770. The van der Waals surface area contributed by atoms with Crippen molar-refractivity contribution >= 4 is 11.8 Å². The second-order valence-electron chi connectivity index (χ2n) is 7.60. The van der Waals surface area contributed by atoms with Crippen molar-refractivity contribution in [3.8, 4) is 17.4 Å². The van der Waals surface area contributed by atoms with Crippen molar-refractivity contribution in [2.24, 2.45) is 0 Å². The molecule has 7 nitrogen and oxygen atoms in total. The number of aromatic nitrogens is 2. The van der Waals surface area contributed by atoms with Crippen LogP contribution in [0.3, 0.4) is 0 Å². The van der Waals surface area contributed by atoms with Gasteiger partial charge in [-0.25, -0.2) is 13.6 Å². The number of rotatable bonds is 4. The summed E-state index contributed by atoms with van der Waals surface area (Å²) in [4.78, 5) is 14.4. The molecule has 33 heavy (non-hydrogen) atoms. The lowest BCUT2D eigenvalue weighted by Crippen LogP contribution is -2.57. The summed E-state index contributed by atoms with van der Waals surface area (Å²) in [5.41, 5.74) is 5.71. The molecule has 1 amide bonds. The lowest BCUT2D eigenvalue weighted by atomic mass is 9.69. The summed E-state index contributed by atoms with van der Waals surface area (Å²) in [5, 5.41) is 7.46. The Labute approximate surface area is 190 Å². The molecule has 0 atom stereocenters. The lowest BCUT2D eigenvalue weighted by molar-refractivity contribution is 0.000816. The van der Waals surface area contributed by atoms with Crippen LogP contribution in [0.1, 0.15) is 44.2 Å². The summed E-state index contributed by atoms with van der Waals surface area (Å²) in [5.74, 6) is -0.995. The molecule has 1 spiro atoms. The number of nitrogens with zero attached hydrogens (tertiary/aromatic N) is 3. The molecule has 0 saturated heterocycles. The Morgan fingerprint density at radius 3 is 2.64 bits per heavy atom. The van der Waals surface area contributed by atoms with E-state index in [-0.39, 0.29) is 35.2 Å². The van der Waals surface area contributed by atoms with Crippen LogP contribution in [0.2, 0.25) is 0 Å². The maximum atomic E-state index is 14.9. The minimum Gasteiger partial charge on any atom is -0.434 e. The second-order valence-corrected chi connectivity index (χ2v) is 7.60. The third-order valence-electron chi connectivity index (χ3n) is 5.85. The molecule has 1 fully saturated rings. The van der Waals surface area contributed by atoms with E-state index in [4.69, 9.17) is 15.2 Å². The first kappa shape index (κ1) is 22.4. The normalized spacial score (nSPS) is 15.6. The molecule has 1 aromatic heterocycles. The number of fused-ring (bicyclic) bond motifs is 2. The van der Waals surface area contributed by atoms with Gasteiger partial charge in [0.05, 0.1) is 17.8 Å². The predicted molar refractivity (Wildman–Crippen MR) is 118 cm³/mol. The summed E-state index contributed by atoms with van der Waals surface area (Å²) in [6.07, 6.45) is 2.91. The van der Waals surface area contributed by atoms with Crippen LogP contribution in [0.25, 0.3) is 0 Å².